The predicted molar refractivity (Wildman–Crippen MR) is 90.5 cm³/mol. The monoisotopic (exact) mass is 346 g/mol. The molecule has 9 heteroatoms. The number of carbonyl (C=O) groups excluding carboxylic acids is 2. The maximum atomic E-state index is 12.9. The summed E-state index contributed by atoms with van der Waals surface area (Å²) in [5, 5.41) is 11.2. The van der Waals surface area contributed by atoms with Gasteiger partial charge in [-0.2, -0.15) is 10.2 Å². The number of anilines is 1. The van der Waals surface area contributed by atoms with E-state index in [9.17, 15) is 9.59 Å². The molecule has 0 aromatic carbocycles. The normalized spacial score (nSPS) is 14.6. The molecule has 1 saturated heterocycles. The van der Waals surface area contributed by atoms with Gasteiger partial charge in [-0.3, -0.25) is 19.0 Å². The van der Waals surface area contributed by atoms with Crippen LogP contribution in [0, 0.1) is 6.92 Å². The number of aryl methyl sites for hydroxylation is 3. The van der Waals surface area contributed by atoms with Gasteiger partial charge in [0, 0.05) is 32.9 Å². The summed E-state index contributed by atoms with van der Waals surface area (Å²) in [6.45, 7) is 6.30. The van der Waals surface area contributed by atoms with E-state index >= 15 is 0 Å². The number of ether oxygens (including phenoxy) is 1. The van der Waals surface area contributed by atoms with E-state index in [1.165, 1.54) is 6.20 Å². The molecular weight excluding hydrogens is 324 g/mol. The smallest absolute Gasteiger partial charge is 0.274 e. The first-order chi connectivity index (χ1) is 12.0. The summed E-state index contributed by atoms with van der Waals surface area (Å²) in [5.74, 6) is -0.460. The van der Waals surface area contributed by atoms with Crippen LogP contribution in [0.4, 0.5) is 5.69 Å². The molecule has 0 spiro atoms. The minimum Gasteiger partial charge on any atom is -0.378 e. The Morgan fingerprint density at radius 2 is 2.04 bits per heavy atom. The van der Waals surface area contributed by atoms with Gasteiger partial charge >= 0.3 is 0 Å². The Kier molecular flexibility index (Phi) is 4.84. The van der Waals surface area contributed by atoms with Crippen molar-refractivity contribution in [1.29, 1.82) is 0 Å². The molecule has 3 rings (SSSR count). The van der Waals surface area contributed by atoms with Crippen molar-refractivity contribution in [2.75, 3.05) is 31.6 Å². The molecule has 2 amide bonds. The van der Waals surface area contributed by atoms with Crippen LogP contribution in [-0.4, -0.2) is 62.6 Å². The van der Waals surface area contributed by atoms with Crippen LogP contribution in [0.5, 0.6) is 0 Å². The Balaban J connectivity index is 1.86. The first-order valence-electron chi connectivity index (χ1n) is 8.25. The molecule has 1 fully saturated rings. The van der Waals surface area contributed by atoms with Crippen LogP contribution in [0.25, 0.3) is 0 Å². The third kappa shape index (κ3) is 3.41. The van der Waals surface area contributed by atoms with Crippen molar-refractivity contribution < 1.29 is 14.3 Å². The standard InChI is InChI=1S/C16H22N6O3/c1-4-22-14(16(24)21-5-7-25-8-6-21)13(9-17-22)18-15(23)12-10-20(3)19-11(12)2/h9-10H,4-8H2,1-3H3,(H,18,23). The van der Waals surface area contributed by atoms with Gasteiger partial charge in [0.25, 0.3) is 11.8 Å². The van der Waals surface area contributed by atoms with Gasteiger partial charge in [-0.05, 0) is 13.8 Å². The lowest BCUT2D eigenvalue weighted by Gasteiger charge is -2.27. The van der Waals surface area contributed by atoms with E-state index < -0.39 is 0 Å². The third-order valence-electron chi connectivity index (χ3n) is 4.15. The fourth-order valence-corrected chi connectivity index (χ4v) is 2.87. The van der Waals surface area contributed by atoms with E-state index in [1.807, 2.05) is 6.92 Å². The SMILES string of the molecule is CCn1ncc(NC(=O)c2cn(C)nc2C)c1C(=O)N1CCOCC1. The van der Waals surface area contributed by atoms with Crippen molar-refractivity contribution in [3.8, 4) is 0 Å². The summed E-state index contributed by atoms with van der Waals surface area (Å²) in [6, 6.07) is 0. The van der Waals surface area contributed by atoms with Gasteiger partial charge in [-0.15, -0.1) is 0 Å². The number of carbonyl (C=O) groups is 2. The summed E-state index contributed by atoms with van der Waals surface area (Å²) in [4.78, 5) is 27.2. The Morgan fingerprint density at radius 1 is 1.32 bits per heavy atom. The van der Waals surface area contributed by atoms with Crippen molar-refractivity contribution >= 4 is 17.5 Å². The zero-order chi connectivity index (χ0) is 18.0. The van der Waals surface area contributed by atoms with Crippen molar-refractivity contribution in [3.05, 3.63) is 29.3 Å². The topological polar surface area (TPSA) is 94.3 Å². The van der Waals surface area contributed by atoms with Gasteiger partial charge < -0.3 is 15.0 Å². The number of nitrogens with zero attached hydrogens (tertiary/aromatic N) is 5. The van der Waals surface area contributed by atoms with Gasteiger partial charge in [0.1, 0.15) is 5.69 Å². The van der Waals surface area contributed by atoms with Crippen molar-refractivity contribution in [3.63, 3.8) is 0 Å². The van der Waals surface area contributed by atoms with E-state index in [0.29, 0.717) is 55.5 Å². The second-order valence-corrected chi connectivity index (χ2v) is 5.88. The molecule has 0 saturated carbocycles. The minimum absolute atomic E-state index is 0.152. The quantitative estimate of drug-likeness (QED) is 0.878. The molecule has 0 atom stereocenters. The number of hydrogen-bond donors (Lipinski definition) is 1. The highest BCUT2D eigenvalue weighted by molar-refractivity contribution is 6.08. The van der Waals surface area contributed by atoms with Crippen LogP contribution in [0.15, 0.2) is 12.4 Å². The van der Waals surface area contributed by atoms with Crippen LogP contribution in [0.2, 0.25) is 0 Å². The maximum Gasteiger partial charge on any atom is 0.274 e. The summed E-state index contributed by atoms with van der Waals surface area (Å²) in [7, 11) is 1.76. The van der Waals surface area contributed by atoms with Crippen LogP contribution >= 0.6 is 0 Å². The fraction of sp³-hybridized carbons (Fsp3) is 0.500. The number of nitrogens with one attached hydrogen (secondary N) is 1. The van der Waals surface area contributed by atoms with Gasteiger partial charge in [0.05, 0.1) is 36.4 Å². The summed E-state index contributed by atoms with van der Waals surface area (Å²) >= 11 is 0. The molecule has 0 radical (unpaired) electrons. The van der Waals surface area contributed by atoms with E-state index in [2.05, 4.69) is 15.5 Å². The zero-order valence-corrected chi connectivity index (χ0v) is 14.7. The molecule has 0 bridgehead atoms. The molecule has 1 aliphatic rings. The number of amides is 2. The zero-order valence-electron chi connectivity index (χ0n) is 14.7. The first-order valence-corrected chi connectivity index (χ1v) is 8.25. The van der Waals surface area contributed by atoms with Gasteiger partial charge in [-0.25, -0.2) is 0 Å². The van der Waals surface area contributed by atoms with Crippen LogP contribution in [-0.2, 0) is 18.3 Å². The predicted octanol–water partition coefficient (Wildman–Crippen LogP) is 0.670. The van der Waals surface area contributed by atoms with Crippen molar-refractivity contribution in [2.45, 2.75) is 20.4 Å². The van der Waals surface area contributed by atoms with Crippen molar-refractivity contribution in [2.24, 2.45) is 7.05 Å². The summed E-state index contributed by atoms with van der Waals surface area (Å²) < 4.78 is 8.48. The lowest BCUT2D eigenvalue weighted by atomic mass is 10.2. The molecule has 1 N–H and O–H groups in total. The lowest BCUT2D eigenvalue weighted by molar-refractivity contribution is 0.0295. The Hall–Kier alpha value is -2.68. The van der Waals surface area contributed by atoms with Gasteiger partial charge in [-0.1, -0.05) is 0 Å². The molecule has 1 aliphatic heterocycles. The largest absolute Gasteiger partial charge is 0.378 e. The molecule has 0 aliphatic carbocycles. The number of hydrogen-bond acceptors (Lipinski definition) is 5. The Bertz CT molecular complexity index is 788. The highest BCUT2D eigenvalue weighted by Crippen LogP contribution is 2.20. The maximum absolute atomic E-state index is 12.9. The lowest BCUT2D eigenvalue weighted by Crippen LogP contribution is -2.41. The highest BCUT2D eigenvalue weighted by atomic mass is 16.5. The van der Waals surface area contributed by atoms with E-state index in [4.69, 9.17) is 4.74 Å². The highest BCUT2D eigenvalue weighted by Gasteiger charge is 2.26. The molecule has 3 heterocycles. The summed E-state index contributed by atoms with van der Waals surface area (Å²) in [5.41, 5.74) is 1.89. The van der Waals surface area contributed by atoms with Crippen LogP contribution < -0.4 is 5.32 Å². The minimum atomic E-state index is -0.308. The van der Waals surface area contributed by atoms with E-state index in [0.717, 1.165) is 0 Å². The van der Waals surface area contributed by atoms with Crippen molar-refractivity contribution in [1.82, 2.24) is 24.5 Å². The molecule has 2 aromatic rings. The van der Waals surface area contributed by atoms with Gasteiger partial charge in [0.15, 0.2) is 0 Å². The average molecular weight is 346 g/mol. The fourth-order valence-electron chi connectivity index (χ4n) is 2.87. The molecule has 2 aromatic heterocycles. The molecule has 9 nitrogen and oxygen atoms in total. The third-order valence-corrected chi connectivity index (χ3v) is 4.15. The second kappa shape index (κ2) is 7.06. The number of morpholine rings is 1. The average Bonchev–Trinajstić information content (AvgIpc) is 3.17. The van der Waals surface area contributed by atoms with E-state index in [1.54, 1.807) is 34.4 Å². The van der Waals surface area contributed by atoms with E-state index in [-0.39, 0.29) is 11.8 Å². The summed E-state index contributed by atoms with van der Waals surface area (Å²) in [6.07, 6.45) is 3.17. The number of rotatable bonds is 4. The Morgan fingerprint density at radius 3 is 2.64 bits per heavy atom. The molecular formula is C16H22N6O3. The first kappa shape index (κ1) is 17.2. The molecule has 134 valence electrons. The number of aromatic nitrogens is 4. The van der Waals surface area contributed by atoms with Crippen LogP contribution in [0.3, 0.4) is 0 Å². The molecule has 25 heavy (non-hydrogen) atoms. The Labute approximate surface area is 145 Å². The second-order valence-electron chi connectivity index (χ2n) is 5.88. The van der Waals surface area contributed by atoms with Crippen LogP contribution in [0.1, 0.15) is 33.5 Å². The molecule has 0 unspecified atom stereocenters. The van der Waals surface area contributed by atoms with Gasteiger partial charge in [0.2, 0.25) is 0 Å².